The summed E-state index contributed by atoms with van der Waals surface area (Å²) in [6.45, 7) is 7.15. The van der Waals surface area contributed by atoms with E-state index in [1.807, 2.05) is 13.8 Å². The highest BCUT2D eigenvalue weighted by Crippen LogP contribution is 2.17. The van der Waals surface area contributed by atoms with Crippen LogP contribution in [0.25, 0.3) is 0 Å². The lowest BCUT2D eigenvalue weighted by Crippen LogP contribution is -2.52. The maximum Gasteiger partial charge on any atom is 0.328 e. The number of carbonyl (C=O) groups excluding carboxylic acids is 2. The van der Waals surface area contributed by atoms with Crippen LogP contribution in [0.1, 0.15) is 20.3 Å². The van der Waals surface area contributed by atoms with Crippen molar-refractivity contribution in [3.8, 4) is 0 Å². The molecule has 0 saturated carbocycles. The Labute approximate surface area is 154 Å². The predicted octanol–water partition coefficient (Wildman–Crippen LogP) is 1.65. The minimum absolute atomic E-state index is 0.0155. The van der Waals surface area contributed by atoms with Gasteiger partial charge in [-0.25, -0.2) is 9.18 Å². The predicted molar refractivity (Wildman–Crippen MR) is 98.5 cm³/mol. The van der Waals surface area contributed by atoms with Crippen LogP contribution in [0.4, 0.5) is 10.1 Å². The van der Waals surface area contributed by atoms with Crippen molar-refractivity contribution in [3.05, 3.63) is 30.1 Å². The molecule has 1 amide bonds. The van der Waals surface area contributed by atoms with Gasteiger partial charge in [-0.1, -0.05) is 20.3 Å². The molecule has 2 atom stereocenters. The van der Waals surface area contributed by atoms with Crippen LogP contribution in [-0.2, 0) is 14.3 Å². The second kappa shape index (κ2) is 9.52. The number of benzene rings is 1. The van der Waals surface area contributed by atoms with Gasteiger partial charge in [0.2, 0.25) is 5.91 Å². The Bertz CT molecular complexity index is 601. The van der Waals surface area contributed by atoms with E-state index in [9.17, 15) is 14.0 Å². The second-order valence-corrected chi connectivity index (χ2v) is 6.69. The van der Waals surface area contributed by atoms with Crippen LogP contribution in [0.5, 0.6) is 0 Å². The molecule has 0 spiro atoms. The Morgan fingerprint density at radius 3 is 2.35 bits per heavy atom. The van der Waals surface area contributed by atoms with Gasteiger partial charge in [-0.15, -0.1) is 0 Å². The van der Waals surface area contributed by atoms with Gasteiger partial charge < -0.3 is 15.0 Å². The van der Waals surface area contributed by atoms with Crippen molar-refractivity contribution in [1.82, 2.24) is 10.2 Å². The van der Waals surface area contributed by atoms with E-state index in [4.69, 9.17) is 4.74 Å². The number of anilines is 1. The maximum atomic E-state index is 13.0. The largest absolute Gasteiger partial charge is 0.467 e. The summed E-state index contributed by atoms with van der Waals surface area (Å²) in [6, 6.07) is 5.84. The number of nitrogens with zero attached hydrogens (tertiary/aromatic N) is 2. The molecule has 144 valence electrons. The third-order valence-corrected chi connectivity index (χ3v) is 4.92. The molecule has 1 aliphatic rings. The quantitative estimate of drug-likeness (QED) is 0.745. The number of esters is 1. The monoisotopic (exact) mass is 365 g/mol. The van der Waals surface area contributed by atoms with E-state index in [0.717, 1.165) is 38.3 Å². The van der Waals surface area contributed by atoms with Crippen LogP contribution in [-0.4, -0.2) is 62.7 Å². The lowest BCUT2D eigenvalue weighted by Gasteiger charge is -2.36. The molecule has 1 aromatic rings. The third-order valence-electron chi connectivity index (χ3n) is 4.92. The molecule has 0 aliphatic carbocycles. The number of carbonyl (C=O) groups is 2. The zero-order valence-corrected chi connectivity index (χ0v) is 15.7. The highest BCUT2D eigenvalue weighted by molar-refractivity contribution is 5.85. The Morgan fingerprint density at radius 2 is 1.81 bits per heavy atom. The van der Waals surface area contributed by atoms with E-state index in [1.165, 1.54) is 19.2 Å². The molecule has 1 aliphatic heterocycles. The molecule has 26 heavy (non-hydrogen) atoms. The molecule has 6 nitrogen and oxygen atoms in total. The van der Waals surface area contributed by atoms with Crippen molar-refractivity contribution in [3.63, 3.8) is 0 Å². The van der Waals surface area contributed by atoms with Gasteiger partial charge in [-0.2, -0.15) is 0 Å². The van der Waals surface area contributed by atoms with Crippen molar-refractivity contribution in [2.75, 3.05) is 44.7 Å². The summed E-state index contributed by atoms with van der Waals surface area (Å²) in [4.78, 5) is 28.4. The first-order valence-corrected chi connectivity index (χ1v) is 9.04. The third kappa shape index (κ3) is 5.42. The standard InChI is InChI=1S/C19H28FN3O3/c1-4-14(2)18(19(25)26-3)21-17(24)13-22-9-11-23(12-10-22)16-7-5-15(20)6-8-16/h5-8,14,18H,4,9-13H2,1-3H3,(H,21,24). The fraction of sp³-hybridized carbons (Fsp3) is 0.579. The summed E-state index contributed by atoms with van der Waals surface area (Å²) in [5.41, 5.74) is 0.984. The number of hydrogen-bond donors (Lipinski definition) is 1. The number of methoxy groups -OCH3 is 1. The van der Waals surface area contributed by atoms with E-state index in [-0.39, 0.29) is 24.2 Å². The lowest BCUT2D eigenvalue weighted by atomic mass is 9.99. The average molecular weight is 365 g/mol. The summed E-state index contributed by atoms with van der Waals surface area (Å²) in [5.74, 6) is -0.808. The molecular weight excluding hydrogens is 337 g/mol. The normalized spacial score (nSPS) is 17.5. The van der Waals surface area contributed by atoms with Gasteiger partial charge >= 0.3 is 5.97 Å². The molecule has 0 aromatic heterocycles. The molecular formula is C19H28FN3O3. The molecule has 1 saturated heterocycles. The Morgan fingerprint density at radius 1 is 1.19 bits per heavy atom. The summed E-state index contributed by atoms with van der Waals surface area (Å²) >= 11 is 0. The SMILES string of the molecule is CCC(C)C(NC(=O)CN1CCN(c2ccc(F)cc2)CC1)C(=O)OC. The first-order valence-electron chi connectivity index (χ1n) is 9.04. The molecule has 1 heterocycles. The molecule has 1 N–H and O–H groups in total. The van der Waals surface area contributed by atoms with E-state index in [2.05, 4.69) is 15.1 Å². The Balaban J connectivity index is 1.83. The van der Waals surface area contributed by atoms with Crippen molar-refractivity contribution >= 4 is 17.6 Å². The van der Waals surface area contributed by atoms with Gasteiger partial charge in [0, 0.05) is 31.9 Å². The average Bonchev–Trinajstić information content (AvgIpc) is 2.66. The van der Waals surface area contributed by atoms with Crippen molar-refractivity contribution in [2.45, 2.75) is 26.3 Å². The molecule has 2 rings (SSSR count). The van der Waals surface area contributed by atoms with Crippen LogP contribution in [0.3, 0.4) is 0 Å². The van der Waals surface area contributed by atoms with Gasteiger partial charge in [-0.3, -0.25) is 9.69 Å². The van der Waals surface area contributed by atoms with Gasteiger partial charge in [0.05, 0.1) is 13.7 Å². The highest BCUT2D eigenvalue weighted by atomic mass is 19.1. The molecule has 1 fully saturated rings. The smallest absolute Gasteiger partial charge is 0.328 e. The molecule has 1 aromatic carbocycles. The number of hydrogen-bond acceptors (Lipinski definition) is 5. The van der Waals surface area contributed by atoms with Gasteiger partial charge in [0.1, 0.15) is 11.9 Å². The van der Waals surface area contributed by atoms with Gasteiger partial charge in [-0.05, 0) is 30.2 Å². The van der Waals surface area contributed by atoms with E-state index in [1.54, 1.807) is 12.1 Å². The van der Waals surface area contributed by atoms with Crippen molar-refractivity contribution < 1.29 is 18.7 Å². The van der Waals surface area contributed by atoms with E-state index < -0.39 is 12.0 Å². The maximum absolute atomic E-state index is 13.0. The van der Waals surface area contributed by atoms with Crippen LogP contribution in [0.15, 0.2) is 24.3 Å². The number of halogens is 1. The number of ether oxygens (including phenoxy) is 1. The second-order valence-electron chi connectivity index (χ2n) is 6.69. The van der Waals surface area contributed by atoms with E-state index in [0.29, 0.717) is 0 Å². The zero-order valence-electron chi connectivity index (χ0n) is 15.7. The summed E-state index contributed by atoms with van der Waals surface area (Å²) in [5, 5.41) is 2.80. The zero-order chi connectivity index (χ0) is 19.1. The first kappa shape index (κ1) is 20.2. The fourth-order valence-corrected chi connectivity index (χ4v) is 3.03. The topological polar surface area (TPSA) is 61.9 Å². The number of nitrogens with one attached hydrogen (secondary N) is 1. The number of rotatable bonds is 7. The summed E-state index contributed by atoms with van der Waals surface area (Å²) < 4.78 is 17.8. The van der Waals surface area contributed by atoms with Crippen LogP contribution < -0.4 is 10.2 Å². The minimum Gasteiger partial charge on any atom is -0.467 e. The highest BCUT2D eigenvalue weighted by Gasteiger charge is 2.27. The first-order chi connectivity index (χ1) is 12.4. The number of piperazine rings is 1. The summed E-state index contributed by atoms with van der Waals surface area (Å²) in [6.07, 6.45) is 0.774. The van der Waals surface area contributed by atoms with E-state index >= 15 is 0 Å². The van der Waals surface area contributed by atoms with Crippen LogP contribution >= 0.6 is 0 Å². The molecule has 2 unspecified atom stereocenters. The fourth-order valence-electron chi connectivity index (χ4n) is 3.03. The van der Waals surface area contributed by atoms with Crippen LogP contribution in [0, 0.1) is 11.7 Å². The van der Waals surface area contributed by atoms with Crippen molar-refractivity contribution in [2.24, 2.45) is 5.92 Å². The lowest BCUT2D eigenvalue weighted by molar-refractivity contribution is -0.146. The number of amides is 1. The van der Waals surface area contributed by atoms with Crippen LogP contribution in [0.2, 0.25) is 0 Å². The molecule has 0 bridgehead atoms. The van der Waals surface area contributed by atoms with Gasteiger partial charge in [0.15, 0.2) is 0 Å². The van der Waals surface area contributed by atoms with Gasteiger partial charge in [0.25, 0.3) is 0 Å². The Hall–Kier alpha value is -2.15. The molecule has 0 radical (unpaired) electrons. The van der Waals surface area contributed by atoms with Crippen molar-refractivity contribution in [1.29, 1.82) is 0 Å². The summed E-state index contributed by atoms with van der Waals surface area (Å²) in [7, 11) is 1.33. The Kier molecular flexibility index (Phi) is 7.38. The molecule has 7 heteroatoms. The minimum atomic E-state index is -0.613.